The average Bonchev–Trinajstić information content (AvgIpc) is 2.51. The Bertz CT molecular complexity index is 241. The van der Waals surface area contributed by atoms with E-state index in [2.05, 4.69) is 11.8 Å². The van der Waals surface area contributed by atoms with Crippen LogP contribution in [0.25, 0.3) is 0 Å². The van der Waals surface area contributed by atoms with Crippen LogP contribution in [-0.4, -0.2) is 16.3 Å². The number of hydrogen-bond acceptors (Lipinski definition) is 2. The first kappa shape index (κ1) is 16.4. The van der Waals surface area contributed by atoms with Crippen LogP contribution in [0.3, 0.4) is 0 Å². The molecule has 0 unspecified atom stereocenters. The number of ketones is 1. The zero-order valence-electron chi connectivity index (χ0n) is 13.1. The molecule has 0 heterocycles. The van der Waals surface area contributed by atoms with Gasteiger partial charge in [-0.05, 0) is 38.5 Å². The largest absolute Gasteiger partial charge is 0.300 e. The van der Waals surface area contributed by atoms with Gasteiger partial charge in [0.05, 0.1) is 0 Å². The lowest BCUT2D eigenvalue weighted by atomic mass is 10.00. The molecule has 3 aliphatic rings. The van der Waals surface area contributed by atoms with Crippen LogP contribution in [0.4, 0.5) is 0 Å². The molecule has 2 heteroatoms. The summed E-state index contributed by atoms with van der Waals surface area (Å²) in [6.45, 7) is 0. The van der Waals surface area contributed by atoms with Gasteiger partial charge in [-0.3, -0.25) is 4.79 Å². The van der Waals surface area contributed by atoms with Crippen LogP contribution in [-0.2, 0) is 4.79 Å². The summed E-state index contributed by atoms with van der Waals surface area (Å²) in [5.74, 6) is 0.464. The normalized spacial score (nSPS) is 25.9. The molecule has 0 bridgehead atoms. The Hall–Kier alpha value is 0.0200. The highest BCUT2D eigenvalue weighted by Gasteiger charge is 2.20. The van der Waals surface area contributed by atoms with E-state index in [4.69, 9.17) is 0 Å². The third kappa shape index (κ3) is 6.65. The Balaban J connectivity index is 0.000000178. The molecule has 0 spiro atoms. The van der Waals surface area contributed by atoms with Gasteiger partial charge < -0.3 is 0 Å². The lowest BCUT2D eigenvalue weighted by Gasteiger charge is -2.28. The van der Waals surface area contributed by atoms with E-state index in [9.17, 15) is 4.79 Å². The van der Waals surface area contributed by atoms with Crippen LogP contribution >= 0.6 is 11.8 Å². The van der Waals surface area contributed by atoms with Crippen LogP contribution in [0.2, 0.25) is 0 Å². The summed E-state index contributed by atoms with van der Waals surface area (Å²) < 4.78 is 0. The number of carbonyl (C=O) groups excluding carboxylic acids is 1. The van der Waals surface area contributed by atoms with Crippen molar-refractivity contribution in [3.05, 3.63) is 0 Å². The Morgan fingerprint density at radius 1 is 0.600 bits per heavy atom. The molecule has 1 nitrogen and oxygen atoms in total. The van der Waals surface area contributed by atoms with Crippen LogP contribution < -0.4 is 0 Å². The van der Waals surface area contributed by atoms with E-state index in [0.717, 1.165) is 36.2 Å². The maximum Gasteiger partial charge on any atom is 0.132 e. The second-order valence-corrected chi connectivity index (χ2v) is 8.36. The van der Waals surface area contributed by atoms with Crippen LogP contribution in [0.5, 0.6) is 0 Å². The van der Waals surface area contributed by atoms with Gasteiger partial charge in [-0.25, -0.2) is 0 Å². The van der Waals surface area contributed by atoms with Crippen molar-refractivity contribution in [1.29, 1.82) is 0 Å². The smallest absolute Gasteiger partial charge is 0.132 e. The van der Waals surface area contributed by atoms with E-state index >= 15 is 0 Å². The van der Waals surface area contributed by atoms with E-state index in [-0.39, 0.29) is 0 Å². The average molecular weight is 297 g/mol. The van der Waals surface area contributed by atoms with Crippen molar-refractivity contribution in [1.82, 2.24) is 0 Å². The van der Waals surface area contributed by atoms with E-state index in [1.54, 1.807) is 0 Å². The Labute approximate surface area is 129 Å². The fourth-order valence-corrected chi connectivity index (χ4v) is 5.38. The molecule has 3 aliphatic carbocycles. The van der Waals surface area contributed by atoms with Gasteiger partial charge in [0.1, 0.15) is 5.78 Å². The summed E-state index contributed by atoms with van der Waals surface area (Å²) in [5.41, 5.74) is 0. The van der Waals surface area contributed by atoms with Gasteiger partial charge in [0.15, 0.2) is 0 Å². The van der Waals surface area contributed by atoms with Crippen molar-refractivity contribution in [2.45, 2.75) is 107 Å². The van der Waals surface area contributed by atoms with Crippen molar-refractivity contribution >= 4 is 17.5 Å². The SMILES string of the molecule is C1CCC(SC2CCCCC2)CC1.O=C1CCCCC1. The third-order valence-corrected chi connectivity index (χ3v) is 6.61. The number of Topliss-reactive ketones (excluding diaryl/α,β-unsaturated/α-hetero) is 1. The molecule has 0 aromatic heterocycles. The first-order valence-electron chi connectivity index (χ1n) is 9.02. The second-order valence-electron chi connectivity index (χ2n) is 6.76. The number of thioether (sulfide) groups is 1. The molecule has 116 valence electrons. The number of hydrogen-bond donors (Lipinski definition) is 0. The second kappa shape index (κ2) is 9.87. The van der Waals surface area contributed by atoms with E-state index in [1.807, 2.05) is 0 Å². The molecular weight excluding hydrogens is 264 g/mol. The predicted molar refractivity (Wildman–Crippen MR) is 89.4 cm³/mol. The fourth-order valence-electron chi connectivity index (χ4n) is 3.62. The summed E-state index contributed by atoms with van der Waals surface area (Å²) in [4.78, 5) is 10.5. The molecule has 0 atom stereocenters. The molecule has 0 aromatic carbocycles. The Kier molecular flexibility index (Phi) is 8.09. The van der Waals surface area contributed by atoms with Gasteiger partial charge in [-0.15, -0.1) is 0 Å². The van der Waals surface area contributed by atoms with Crippen LogP contribution in [0, 0.1) is 0 Å². The lowest BCUT2D eigenvalue weighted by molar-refractivity contribution is -0.120. The van der Waals surface area contributed by atoms with Crippen molar-refractivity contribution in [2.24, 2.45) is 0 Å². The first-order chi connectivity index (χ1) is 9.84. The van der Waals surface area contributed by atoms with Crippen molar-refractivity contribution in [3.8, 4) is 0 Å². The summed E-state index contributed by atoms with van der Waals surface area (Å²) in [6, 6.07) is 0. The van der Waals surface area contributed by atoms with Gasteiger partial charge in [0.2, 0.25) is 0 Å². The molecule has 0 aromatic rings. The van der Waals surface area contributed by atoms with E-state index in [1.165, 1.54) is 70.6 Å². The van der Waals surface area contributed by atoms with Crippen molar-refractivity contribution in [2.75, 3.05) is 0 Å². The molecule has 0 radical (unpaired) electrons. The minimum absolute atomic E-state index is 0.464. The zero-order valence-corrected chi connectivity index (χ0v) is 13.9. The third-order valence-electron chi connectivity index (χ3n) is 4.90. The van der Waals surface area contributed by atoms with Crippen LogP contribution in [0.15, 0.2) is 0 Å². The molecule has 0 amide bonds. The maximum absolute atomic E-state index is 10.5. The molecule has 3 rings (SSSR count). The molecule has 0 aliphatic heterocycles. The van der Waals surface area contributed by atoms with Crippen molar-refractivity contribution in [3.63, 3.8) is 0 Å². The highest BCUT2D eigenvalue weighted by atomic mass is 32.2. The van der Waals surface area contributed by atoms with E-state index in [0.29, 0.717) is 5.78 Å². The Morgan fingerprint density at radius 3 is 1.35 bits per heavy atom. The van der Waals surface area contributed by atoms with Gasteiger partial charge in [-0.1, -0.05) is 44.9 Å². The molecule has 3 fully saturated rings. The summed E-state index contributed by atoms with van der Waals surface area (Å²) in [6.07, 6.45) is 20.3. The minimum Gasteiger partial charge on any atom is -0.300 e. The molecule has 20 heavy (non-hydrogen) atoms. The molecule has 0 saturated heterocycles. The number of carbonyl (C=O) groups is 1. The number of rotatable bonds is 2. The highest BCUT2D eigenvalue weighted by Crippen LogP contribution is 2.36. The van der Waals surface area contributed by atoms with E-state index < -0.39 is 0 Å². The Morgan fingerprint density at radius 2 is 1.00 bits per heavy atom. The molecule has 0 N–H and O–H groups in total. The van der Waals surface area contributed by atoms with Crippen LogP contribution in [0.1, 0.15) is 96.3 Å². The standard InChI is InChI=1S/C12H22S.C6H10O/c1-3-7-11(8-4-1)13-12-9-5-2-6-10-12;7-6-4-2-1-3-5-6/h11-12H,1-10H2;1-5H2. The zero-order chi connectivity index (χ0) is 14.0. The van der Waals surface area contributed by atoms with Gasteiger partial charge in [0, 0.05) is 23.3 Å². The quantitative estimate of drug-likeness (QED) is 0.630. The maximum atomic E-state index is 10.5. The highest BCUT2D eigenvalue weighted by molar-refractivity contribution is 8.00. The van der Waals surface area contributed by atoms with Crippen molar-refractivity contribution < 1.29 is 4.79 Å². The summed E-state index contributed by atoms with van der Waals surface area (Å²) in [7, 11) is 0. The fraction of sp³-hybridized carbons (Fsp3) is 0.944. The summed E-state index contributed by atoms with van der Waals surface area (Å²) in [5, 5.41) is 2.08. The topological polar surface area (TPSA) is 17.1 Å². The summed E-state index contributed by atoms with van der Waals surface area (Å²) >= 11 is 2.34. The molecular formula is C18H32OS. The van der Waals surface area contributed by atoms with Gasteiger partial charge in [0.25, 0.3) is 0 Å². The lowest BCUT2D eigenvalue weighted by Crippen LogP contribution is -2.16. The molecule has 3 saturated carbocycles. The predicted octanol–water partition coefficient (Wildman–Crippen LogP) is 5.90. The minimum atomic E-state index is 0.464. The first-order valence-corrected chi connectivity index (χ1v) is 9.96. The van der Waals surface area contributed by atoms with Gasteiger partial charge >= 0.3 is 0 Å². The van der Waals surface area contributed by atoms with Gasteiger partial charge in [-0.2, -0.15) is 11.8 Å². The monoisotopic (exact) mass is 296 g/mol.